The van der Waals surface area contributed by atoms with Gasteiger partial charge in [0.25, 0.3) is 5.91 Å². The Labute approximate surface area is 152 Å². The SMILES string of the molecule is CCOC(=O)[C@@H]1OC(OC)N(C(=O)c2ccccc2)C1c1ccccc1. The fraction of sp³-hybridized carbons (Fsp3) is 0.300. The molecule has 6 nitrogen and oxygen atoms in total. The lowest BCUT2D eigenvalue weighted by Crippen LogP contribution is -2.40. The maximum absolute atomic E-state index is 13.1. The van der Waals surface area contributed by atoms with Gasteiger partial charge in [0.1, 0.15) is 0 Å². The van der Waals surface area contributed by atoms with Gasteiger partial charge in [-0.1, -0.05) is 48.5 Å². The molecule has 0 bridgehead atoms. The lowest BCUT2D eigenvalue weighted by Gasteiger charge is -2.28. The summed E-state index contributed by atoms with van der Waals surface area (Å²) in [4.78, 5) is 27.0. The van der Waals surface area contributed by atoms with E-state index in [0.717, 1.165) is 5.56 Å². The van der Waals surface area contributed by atoms with Gasteiger partial charge in [0.05, 0.1) is 12.6 Å². The van der Waals surface area contributed by atoms with Crippen molar-refractivity contribution in [3.63, 3.8) is 0 Å². The van der Waals surface area contributed by atoms with Gasteiger partial charge in [-0.3, -0.25) is 9.69 Å². The molecular formula is C20H21NO5. The molecule has 1 heterocycles. The molecule has 0 aromatic heterocycles. The first-order valence-corrected chi connectivity index (χ1v) is 8.45. The first kappa shape index (κ1) is 18.1. The largest absolute Gasteiger partial charge is 0.464 e. The zero-order valence-electron chi connectivity index (χ0n) is 14.7. The van der Waals surface area contributed by atoms with Crippen LogP contribution in [0.3, 0.4) is 0 Å². The van der Waals surface area contributed by atoms with Crippen molar-refractivity contribution >= 4 is 11.9 Å². The Hall–Kier alpha value is -2.70. The second kappa shape index (κ2) is 8.12. The highest BCUT2D eigenvalue weighted by atomic mass is 16.7. The molecule has 1 aliphatic rings. The fourth-order valence-electron chi connectivity index (χ4n) is 3.06. The number of ether oxygens (including phenoxy) is 3. The zero-order chi connectivity index (χ0) is 18.5. The van der Waals surface area contributed by atoms with E-state index >= 15 is 0 Å². The van der Waals surface area contributed by atoms with Crippen molar-refractivity contribution in [1.29, 1.82) is 0 Å². The molecular weight excluding hydrogens is 334 g/mol. The normalized spacial score (nSPS) is 22.2. The third-order valence-electron chi connectivity index (χ3n) is 4.19. The van der Waals surface area contributed by atoms with Crippen LogP contribution in [0.5, 0.6) is 0 Å². The highest BCUT2D eigenvalue weighted by Gasteiger charge is 2.50. The van der Waals surface area contributed by atoms with Crippen LogP contribution in [0, 0.1) is 0 Å². The number of amides is 1. The average molecular weight is 355 g/mol. The predicted molar refractivity (Wildman–Crippen MR) is 94.1 cm³/mol. The summed E-state index contributed by atoms with van der Waals surface area (Å²) in [5.74, 6) is -0.801. The second-order valence-electron chi connectivity index (χ2n) is 5.79. The van der Waals surface area contributed by atoms with Gasteiger partial charge in [-0.05, 0) is 24.6 Å². The van der Waals surface area contributed by atoms with Crippen LogP contribution >= 0.6 is 0 Å². The maximum atomic E-state index is 13.1. The Morgan fingerprint density at radius 2 is 1.65 bits per heavy atom. The van der Waals surface area contributed by atoms with Crippen LogP contribution in [0.1, 0.15) is 28.9 Å². The first-order valence-electron chi connectivity index (χ1n) is 8.45. The molecule has 0 radical (unpaired) electrons. The summed E-state index contributed by atoms with van der Waals surface area (Å²) in [5.41, 5.74) is 1.26. The van der Waals surface area contributed by atoms with E-state index in [2.05, 4.69) is 0 Å². The minimum atomic E-state index is -0.984. The molecule has 1 amide bonds. The highest BCUT2D eigenvalue weighted by Crippen LogP contribution is 2.37. The Morgan fingerprint density at radius 1 is 1.04 bits per heavy atom. The minimum absolute atomic E-state index is 0.227. The number of hydrogen-bond acceptors (Lipinski definition) is 5. The first-order chi connectivity index (χ1) is 12.7. The van der Waals surface area contributed by atoms with Crippen LogP contribution in [0.2, 0.25) is 0 Å². The molecule has 2 unspecified atom stereocenters. The van der Waals surface area contributed by atoms with Gasteiger partial charge in [0.2, 0.25) is 6.41 Å². The molecule has 0 saturated carbocycles. The van der Waals surface area contributed by atoms with Crippen LogP contribution in [0.25, 0.3) is 0 Å². The van der Waals surface area contributed by atoms with Crippen molar-refractivity contribution in [3.8, 4) is 0 Å². The topological polar surface area (TPSA) is 65.1 Å². The molecule has 0 spiro atoms. The van der Waals surface area contributed by atoms with Crippen molar-refractivity contribution < 1.29 is 23.8 Å². The van der Waals surface area contributed by atoms with Crippen LogP contribution < -0.4 is 0 Å². The van der Waals surface area contributed by atoms with Crippen molar-refractivity contribution in [1.82, 2.24) is 4.90 Å². The van der Waals surface area contributed by atoms with Gasteiger partial charge < -0.3 is 14.2 Å². The smallest absolute Gasteiger partial charge is 0.337 e. The van der Waals surface area contributed by atoms with Crippen LogP contribution in [0.15, 0.2) is 60.7 Å². The number of carbonyl (C=O) groups is 2. The van der Waals surface area contributed by atoms with Gasteiger partial charge in [0.15, 0.2) is 6.10 Å². The minimum Gasteiger partial charge on any atom is -0.464 e. The summed E-state index contributed by atoms with van der Waals surface area (Å²) in [6, 6.07) is 17.5. The van der Waals surface area contributed by atoms with E-state index < -0.39 is 24.5 Å². The number of hydrogen-bond donors (Lipinski definition) is 0. The van der Waals surface area contributed by atoms with Crippen LogP contribution in [-0.4, -0.2) is 43.0 Å². The number of methoxy groups -OCH3 is 1. The van der Waals surface area contributed by atoms with E-state index in [1.165, 1.54) is 12.0 Å². The quantitative estimate of drug-likeness (QED) is 0.772. The van der Waals surface area contributed by atoms with Crippen molar-refractivity contribution in [2.24, 2.45) is 0 Å². The zero-order valence-corrected chi connectivity index (χ0v) is 14.7. The highest BCUT2D eigenvalue weighted by molar-refractivity contribution is 5.95. The molecule has 1 saturated heterocycles. The number of carbonyl (C=O) groups excluding carboxylic acids is 2. The van der Waals surface area contributed by atoms with E-state index in [0.29, 0.717) is 5.56 Å². The fourth-order valence-corrected chi connectivity index (χ4v) is 3.06. The number of nitrogens with zero attached hydrogens (tertiary/aromatic N) is 1. The molecule has 0 N–H and O–H groups in total. The third kappa shape index (κ3) is 3.47. The molecule has 6 heteroatoms. The summed E-state index contributed by atoms with van der Waals surface area (Å²) in [7, 11) is 1.44. The van der Waals surface area contributed by atoms with E-state index in [1.54, 1.807) is 31.2 Å². The summed E-state index contributed by atoms with van der Waals surface area (Å²) in [6.07, 6.45) is -1.95. The molecule has 3 atom stereocenters. The second-order valence-corrected chi connectivity index (χ2v) is 5.79. The standard InChI is InChI=1S/C20H21NO5/c1-3-25-19(23)17-16(14-10-6-4-7-11-14)21(20(24-2)26-17)18(22)15-12-8-5-9-13-15/h4-13,16-17,20H,3H2,1-2H3/t16?,17-,20?/m1/s1. The Balaban J connectivity index is 2.03. The van der Waals surface area contributed by atoms with Gasteiger partial charge in [-0.2, -0.15) is 0 Å². The lowest BCUT2D eigenvalue weighted by molar-refractivity contribution is -0.180. The molecule has 1 fully saturated rings. The van der Waals surface area contributed by atoms with Crippen LogP contribution in [-0.2, 0) is 19.0 Å². The van der Waals surface area contributed by atoms with Gasteiger partial charge >= 0.3 is 5.97 Å². The molecule has 2 aromatic rings. The Bertz CT molecular complexity index is 749. The van der Waals surface area contributed by atoms with E-state index in [1.807, 2.05) is 36.4 Å². The number of esters is 1. The monoisotopic (exact) mass is 355 g/mol. The number of rotatable bonds is 5. The Kier molecular flexibility index (Phi) is 5.65. The summed E-state index contributed by atoms with van der Waals surface area (Å²) < 4.78 is 16.3. The lowest BCUT2D eigenvalue weighted by atomic mass is 10.00. The van der Waals surface area contributed by atoms with Crippen molar-refractivity contribution in [3.05, 3.63) is 71.8 Å². The molecule has 26 heavy (non-hydrogen) atoms. The van der Waals surface area contributed by atoms with E-state index in [9.17, 15) is 9.59 Å². The summed E-state index contributed by atoms with van der Waals surface area (Å²) in [6.45, 7) is 1.95. The molecule has 3 rings (SSSR count). The molecule has 0 aliphatic carbocycles. The third-order valence-corrected chi connectivity index (χ3v) is 4.19. The summed E-state index contributed by atoms with van der Waals surface area (Å²) >= 11 is 0. The molecule has 1 aliphatic heterocycles. The van der Waals surface area contributed by atoms with Crippen LogP contribution in [0.4, 0.5) is 0 Å². The van der Waals surface area contributed by atoms with Gasteiger partial charge in [-0.15, -0.1) is 0 Å². The average Bonchev–Trinajstić information content (AvgIpc) is 3.08. The van der Waals surface area contributed by atoms with E-state index in [-0.39, 0.29) is 12.5 Å². The molecule has 136 valence electrons. The van der Waals surface area contributed by atoms with Gasteiger partial charge in [0, 0.05) is 12.7 Å². The van der Waals surface area contributed by atoms with Crippen molar-refractivity contribution in [2.45, 2.75) is 25.5 Å². The number of benzene rings is 2. The van der Waals surface area contributed by atoms with Crippen molar-refractivity contribution in [2.75, 3.05) is 13.7 Å². The van der Waals surface area contributed by atoms with Gasteiger partial charge in [-0.25, -0.2) is 4.79 Å². The predicted octanol–water partition coefficient (Wildman–Crippen LogP) is 2.76. The molecule has 2 aromatic carbocycles. The van der Waals surface area contributed by atoms with E-state index in [4.69, 9.17) is 14.2 Å². The maximum Gasteiger partial charge on any atom is 0.337 e. The summed E-state index contributed by atoms with van der Waals surface area (Å²) in [5, 5.41) is 0. The Morgan fingerprint density at radius 3 is 2.23 bits per heavy atom.